The van der Waals surface area contributed by atoms with Crippen molar-refractivity contribution >= 4 is 39.8 Å². The Labute approximate surface area is 150 Å². The Morgan fingerprint density at radius 3 is 2.60 bits per heavy atom. The molecule has 3 nitrogen and oxygen atoms in total. The maximum absolute atomic E-state index is 13.0. The zero-order valence-electron chi connectivity index (χ0n) is 13.1. The second-order valence-electron chi connectivity index (χ2n) is 5.20. The van der Waals surface area contributed by atoms with Crippen molar-refractivity contribution in [1.29, 1.82) is 0 Å². The van der Waals surface area contributed by atoms with Gasteiger partial charge in [-0.1, -0.05) is 36.9 Å². The van der Waals surface area contributed by atoms with Crippen LogP contribution in [0.3, 0.4) is 0 Å². The molecule has 8 heteroatoms. The Bertz CT molecular complexity index is 922. The Morgan fingerprint density at radius 1 is 1.16 bits per heavy atom. The summed E-state index contributed by atoms with van der Waals surface area (Å²) in [5.74, 6) is -1.28. The molecule has 0 aliphatic rings. The summed E-state index contributed by atoms with van der Waals surface area (Å²) in [5, 5.41) is 0.673. The fraction of sp³-hybridized carbons (Fsp3) is 0.235. The summed E-state index contributed by atoms with van der Waals surface area (Å²) >= 11 is 2.42. The summed E-state index contributed by atoms with van der Waals surface area (Å²) in [6.45, 7) is 2.00. The first kappa shape index (κ1) is 17.9. The first-order chi connectivity index (χ1) is 11.9. The maximum atomic E-state index is 13.0. The number of Topliss-reactive ketones (excluding diaryl/α,β-unsaturated/α-hetero) is 1. The number of hydrogen-bond acceptors (Lipinski definition) is 5. The number of para-hydroxylation sites is 1. The normalized spacial score (nSPS) is 11.8. The van der Waals surface area contributed by atoms with Crippen LogP contribution < -0.4 is 0 Å². The lowest BCUT2D eigenvalue weighted by atomic mass is 10.2. The van der Waals surface area contributed by atoms with Crippen molar-refractivity contribution in [1.82, 2.24) is 9.97 Å². The number of rotatable bonds is 5. The molecule has 0 N–H and O–H groups in total. The molecule has 130 valence electrons. The average Bonchev–Trinajstić information content (AvgIpc) is 3.07. The lowest BCUT2D eigenvalue weighted by Gasteiger charge is -2.09. The summed E-state index contributed by atoms with van der Waals surface area (Å²) < 4.78 is 39.0. The molecule has 2 heterocycles. The third-order valence-electron chi connectivity index (χ3n) is 3.45. The second kappa shape index (κ2) is 7.13. The van der Waals surface area contributed by atoms with Gasteiger partial charge in [0.15, 0.2) is 5.78 Å². The van der Waals surface area contributed by atoms with Crippen LogP contribution in [0.15, 0.2) is 41.4 Å². The number of aromatic nitrogens is 2. The van der Waals surface area contributed by atoms with Crippen LogP contribution in [0.4, 0.5) is 13.2 Å². The van der Waals surface area contributed by atoms with Crippen LogP contribution >= 0.6 is 23.1 Å². The van der Waals surface area contributed by atoms with Crippen LogP contribution in [0.25, 0.3) is 10.9 Å². The van der Waals surface area contributed by atoms with Crippen molar-refractivity contribution < 1.29 is 18.0 Å². The minimum atomic E-state index is -4.63. The predicted octanol–water partition coefficient (Wildman–Crippen LogP) is 5.25. The molecular weight excluding hydrogens is 369 g/mol. The summed E-state index contributed by atoms with van der Waals surface area (Å²) in [5.41, 5.74) is 0.212. The minimum absolute atomic E-state index is 0.0297. The Kier molecular flexibility index (Phi) is 5.10. The molecule has 0 bridgehead atoms. The molecule has 0 amide bonds. The summed E-state index contributed by atoms with van der Waals surface area (Å²) in [7, 11) is 0. The molecule has 1 aromatic carbocycles. The van der Waals surface area contributed by atoms with Crippen molar-refractivity contribution in [3.63, 3.8) is 0 Å². The van der Waals surface area contributed by atoms with E-state index < -0.39 is 12.0 Å². The Balaban J connectivity index is 1.88. The number of fused-ring (bicyclic) bond motifs is 1. The number of ketones is 1. The summed E-state index contributed by atoms with van der Waals surface area (Å²) in [6, 6.07) is 10.1. The topological polar surface area (TPSA) is 42.9 Å². The van der Waals surface area contributed by atoms with E-state index in [1.807, 2.05) is 13.0 Å². The van der Waals surface area contributed by atoms with Crippen molar-refractivity contribution in [3.8, 4) is 0 Å². The number of carbonyl (C=O) groups excluding carboxylic acids is 1. The zero-order valence-corrected chi connectivity index (χ0v) is 14.8. The van der Waals surface area contributed by atoms with E-state index in [1.54, 1.807) is 24.3 Å². The van der Waals surface area contributed by atoms with Crippen LogP contribution in [-0.2, 0) is 12.6 Å². The monoisotopic (exact) mass is 382 g/mol. The van der Waals surface area contributed by atoms with E-state index in [-0.39, 0.29) is 22.1 Å². The highest BCUT2D eigenvalue weighted by Crippen LogP contribution is 2.32. The molecule has 0 spiro atoms. The number of nitrogens with zero attached hydrogens (tertiary/aromatic N) is 2. The average molecular weight is 382 g/mol. The lowest BCUT2D eigenvalue weighted by molar-refractivity contribution is -0.145. The quantitative estimate of drug-likeness (QED) is 0.343. The van der Waals surface area contributed by atoms with Crippen LogP contribution in [0.2, 0.25) is 0 Å². The Morgan fingerprint density at radius 2 is 1.92 bits per heavy atom. The van der Waals surface area contributed by atoms with Crippen molar-refractivity contribution in [2.45, 2.75) is 24.5 Å². The molecule has 3 rings (SSSR count). The van der Waals surface area contributed by atoms with Crippen molar-refractivity contribution in [2.24, 2.45) is 0 Å². The number of thioether (sulfide) groups is 1. The third kappa shape index (κ3) is 4.01. The lowest BCUT2D eigenvalue weighted by Crippen LogP contribution is -2.12. The summed E-state index contributed by atoms with van der Waals surface area (Å²) in [6.07, 6.45) is -3.79. The van der Waals surface area contributed by atoms with Crippen LogP contribution in [0.1, 0.15) is 27.3 Å². The molecule has 0 aliphatic carbocycles. The summed E-state index contributed by atoms with van der Waals surface area (Å²) in [4.78, 5) is 21.2. The van der Waals surface area contributed by atoms with E-state index in [0.717, 1.165) is 23.1 Å². The highest BCUT2D eigenvalue weighted by Gasteiger charge is 2.35. The molecule has 3 aromatic rings. The van der Waals surface area contributed by atoms with E-state index in [1.165, 1.54) is 17.4 Å². The SMILES string of the molecule is CCc1ccc(C(=O)CSc2nc(C(F)(F)F)nc3ccccc23)s1. The first-order valence-corrected chi connectivity index (χ1v) is 9.27. The van der Waals surface area contributed by atoms with Gasteiger partial charge >= 0.3 is 6.18 Å². The molecule has 0 saturated heterocycles. The maximum Gasteiger partial charge on any atom is 0.451 e. The zero-order chi connectivity index (χ0) is 18.0. The van der Waals surface area contributed by atoms with Crippen LogP contribution in [0, 0.1) is 0 Å². The van der Waals surface area contributed by atoms with Gasteiger partial charge in [-0.05, 0) is 24.6 Å². The van der Waals surface area contributed by atoms with E-state index >= 15 is 0 Å². The molecule has 0 fully saturated rings. The van der Waals surface area contributed by atoms with Gasteiger partial charge in [0.1, 0.15) is 5.03 Å². The number of alkyl halides is 3. The number of halogens is 3. The van der Waals surface area contributed by atoms with E-state index in [4.69, 9.17) is 0 Å². The molecule has 0 saturated carbocycles. The smallest absolute Gasteiger partial charge is 0.292 e. The number of thiophene rings is 1. The Hall–Kier alpha value is -1.93. The van der Waals surface area contributed by atoms with Gasteiger partial charge in [-0.25, -0.2) is 9.97 Å². The van der Waals surface area contributed by atoms with Gasteiger partial charge in [0.25, 0.3) is 0 Å². The highest BCUT2D eigenvalue weighted by atomic mass is 32.2. The van der Waals surface area contributed by atoms with Gasteiger partial charge in [0.05, 0.1) is 16.1 Å². The number of carbonyl (C=O) groups is 1. The molecule has 25 heavy (non-hydrogen) atoms. The molecule has 2 aromatic heterocycles. The number of aryl methyl sites for hydroxylation is 1. The fourth-order valence-electron chi connectivity index (χ4n) is 2.21. The standard InChI is InChI=1S/C17H13F3N2OS2/c1-2-10-7-8-14(25-10)13(23)9-24-15-11-5-3-4-6-12(11)21-16(22-15)17(18,19)20/h3-8H,2,9H2,1H3. The minimum Gasteiger partial charge on any atom is -0.292 e. The fourth-order valence-corrected chi connectivity index (χ4v) is 4.09. The van der Waals surface area contributed by atoms with E-state index in [2.05, 4.69) is 9.97 Å². The van der Waals surface area contributed by atoms with Gasteiger partial charge in [0, 0.05) is 10.3 Å². The molecule has 0 radical (unpaired) electrons. The van der Waals surface area contributed by atoms with Crippen molar-refractivity contribution in [3.05, 3.63) is 52.0 Å². The second-order valence-corrected chi connectivity index (χ2v) is 7.33. The largest absolute Gasteiger partial charge is 0.451 e. The van der Waals surface area contributed by atoms with Gasteiger partial charge in [0.2, 0.25) is 5.82 Å². The van der Waals surface area contributed by atoms with Crippen molar-refractivity contribution in [2.75, 3.05) is 5.75 Å². The van der Waals surface area contributed by atoms with Crippen LogP contribution in [-0.4, -0.2) is 21.5 Å². The highest BCUT2D eigenvalue weighted by molar-refractivity contribution is 8.00. The van der Waals surface area contributed by atoms with E-state index in [9.17, 15) is 18.0 Å². The third-order valence-corrected chi connectivity index (χ3v) is 5.71. The van der Waals surface area contributed by atoms with Gasteiger partial charge in [-0.2, -0.15) is 13.2 Å². The number of benzene rings is 1. The first-order valence-electron chi connectivity index (χ1n) is 7.47. The van der Waals surface area contributed by atoms with Gasteiger partial charge < -0.3 is 0 Å². The van der Waals surface area contributed by atoms with E-state index in [0.29, 0.717) is 10.3 Å². The molecule has 0 aliphatic heterocycles. The molecule has 0 unspecified atom stereocenters. The predicted molar refractivity (Wildman–Crippen MR) is 93.3 cm³/mol. The number of hydrogen-bond donors (Lipinski definition) is 0. The van der Waals surface area contributed by atoms with Gasteiger partial charge in [-0.15, -0.1) is 11.3 Å². The molecular formula is C17H13F3N2OS2. The molecule has 0 atom stereocenters. The van der Waals surface area contributed by atoms with Crippen LogP contribution in [0.5, 0.6) is 0 Å². The van der Waals surface area contributed by atoms with Gasteiger partial charge in [-0.3, -0.25) is 4.79 Å².